The molecule has 4 rings (SSSR count). The van der Waals surface area contributed by atoms with Crippen molar-refractivity contribution in [1.82, 2.24) is 14.8 Å². The monoisotopic (exact) mass is 605 g/mol. The van der Waals surface area contributed by atoms with Gasteiger partial charge in [-0.25, -0.2) is 14.1 Å². The first-order chi connectivity index (χ1) is 18.3. The first-order valence-electron chi connectivity index (χ1n) is 11.2. The Hall–Kier alpha value is -2.61. The lowest BCUT2D eigenvalue weighted by atomic mass is 10.1. The van der Waals surface area contributed by atoms with Crippen molar-refractivity contribution in [1.29, 1.82) is 0 Å². The third-order valence-corrected chi connectivity index (χ3v) is 9.50. The number of pyridine rings is 1. The van der Waals surface area contributed by atoms with Crippen LogP contribution in [0.25, 0.3) is 21.5 Å². The number of anilines is 1. The molecular formula is C20H23ClFN7O8P2. The van der Waals surface area contributed by atoms with Crippen molar-refractivity contribution >= 4 is 43.5 Å². The summed E-state index contributed by atoms with van der Waals surface area (Å²) in [5.74, 6) is -1.84. The Kier molecular flexibility index (Phi) is 8.64. The molecule has 210 valence electrons. The first kappa shape index (κ1) is 29.4. The molecule has 1 saturated heterocycles. The maximum Gasteiger partial charge on any atom is 0.340 e. The summed E-state index contributed by atoms with van der Waals surface area (Å²) >= 11 is 6.25. The molecule has 1 fully saturated rings. The Morgan fingerprint density at radius 1 is 1.36 bits per heavy atom. The van der Waals surface area contributed by atoms with Gasteiger partial charge < -0.3 is 34.4 Å². The van der Waals surface area contributed by atoms with Gasteiger partial charge in [0.25, 0.3) is 0 Å². The van der Waals surface area contributed by atoms with E-state index in [-0.39, 0.29) is 10.8 Å². The molecule has 1 aromatic carbocycles. The van der Waals surface area contributed by atoms with Gasteiger partial charge in [-0.15, -0.1) is 0 Å². The lowest BCUT2D eigenvalue weighted by molar-refractivity contribution is -0.0441. The summed E-state index contributed by atoms with van der Waals surface area (Å²) in [5, 5.41) is 22.1. The van der Waals surface area contributed by atoms with Crippen molar-refractivity contribution in [3.63, 3.8) is 0 Å². The van der Waals surface area contributed by atoms with Crippen LogP contribution in [0.1, 0.15) is 24.8 Å². The molecule has 6 atom stereocenters. The number of aromatic nitrogens is 3. The number of fused-ring (bicyclic) bond motifs is 1. The Morgan fingerprint density at radius 2 is 2.08 bits per heavy atom. The van der Waals surface area contributed by atoms with Crippen molar-refractivity contribution < 1.29 is 42.6 Å². The largest absolute Gasteiger partial charge is 0.390 e. The van der Waals surface area contributed by atoms with Gasteiger partial charge in [0.1, 0.15) is 23.1 Å². The van der Waals surface area contributed by atoms with Gasteiger partial charge in [0.15, 0.2) is 17.8 Å². The fraction of sp³-hybridized carbons (Fsp3) is 0.400. The number of benzene rings is 1. The van der Waals surface area contributed by atoms with Crippen LogP contribution in [-0.4, -0.2) is 65.3 Å². The summed E-state index contributed by atoms with van der Waals surface area (Å²) in [6, 6.07) is 5.96. The minimum atomic E-state index is -4.88. The maximum atomic E-state index is 14.3. The van der Waals surface area contributed by atoms with Crippen LogP contribution in [0.4, 0.5) is 10.1 Å². The van der Waals surface area contributed by atoms with Crippen LogP contribution in [0, 0.1) is 5.82 Å². The van der Waals surface area contributed by atoms with Crippen LogP contribution in [0.15, 0.2) is 41.6 Å². The lowest BCUT2D eigenvalue weighted by Crippen LogP contribution is -2.32. The normalized spacial score (nSPS) is 23.8. The molecule has 0 aliphatic carbocycles. The third-order valence-electron chi connectivity index (χ3n) is 5.85. The predicted octanol–water partition coefficient (Wildman–Crippen LogP) is 3.67. The Morgan fingerprint density at radius 3 is 2.74 bits per heavy atom. The number of nitrogens with one attached hydrogen (secondary N) is 1. The molecule has 15 nitrogen and oxygen atoms in total. The van der Waals surface area contributed by atoms with Gasteiger partial charge in [-0.3, -0.25) is 9.13 Å². The molecule has 1 aliphatic heterocycles. The summed E-state index contributed by atoms with van der Waals surface area (Å²) in [7, 11) is -9.63. The zero-order valence-electron chi connectivity index (χ0n) is 20.0. The van der Waals surface area contributed by atoms with Crippen LogP contribution in [-0.2, 0) is 18.4 Å². The van der Waals surface area contributed by atoms with Gasteiger partial charge in [-0.2, -0.15) is 5.10 Å². The summed E-state index contributed by atoms with van der Waals surface area (Å²) < 4.78 is 49.1. The molecule has 1 aliphatic rings. The van der Waals surface area contributed by atoms with Gasteiger partial charge in [0.2, 0.25) is 0 Å². The van der Waals surface area contributed by atoms with Gasteiger partial charge in [0.05, 0.1) is 36.0 Å². The number of nitrogens with zero attached hydrogens (tertiary/aromatic N) is 6. The van der Waals surface area contributed by atoms with E-state index in [1.54, 1.807) is 25.1 Å². The van der Waals surface area contributed by atoms with E-state index in [0.29, 0.717) is 16.6 Å². The molecular weight excluding hydrogens is 583 g/mol. The quantitative estimate of drug-likeness (QED) is 0.0736. The minimum absolute atomic E-state index is 0.0323. The van der Waals surface area contributed by atoms with E-state index in [2.05, 4.69) is 25.4 Å². The second-order valence-corrected chi connectivity index (χ2v) is 13.1. The summed E-state index contributed by atoms with van der Waals surface area (Å²) in [6.45, 7) is 0.983. The average Bonchev–Trinajstić information content (AvgIpc) is 3.38. The zero-order chi connectivity index (χ0) is 28.5. The standard InChI is InChI=1S/C20H23ClFN7O8P2/c1-10(11-4-2-3-5-13(11)22)25-14-6-16(21)26-19-12(14)7-24-29(19)20-17(27-28-23)18(30)15(37-20)8-36-39(34,35)9-38(31,32)33/h2-7,10,15,17-18,20,30H,8-9H2,1H3,(H,25,26)(H,34,35)(H2,31,32,33)/t10-,15+,17+,18+,20+/m0/s1. The van der Waals surface area contributed by atoms with Crippen molar-refractivity contribution in [3.8, 4) is 0 Å². The number of rotatable bonds is 10. The molecule has 19 heteroatoms. The van der Waals surface area contributed by atoms with Crippen LogP contribution in [0.3, 0.4) is 0 Å². The van der Waals surface area contributed by atoms with E-state index in [1.807, 2.05) is 0 Å². The number of ether oxygens (including phenoxy) is 1. The highest BCUT2D eigenvalue weighted by Gasteiger charge is 2.46. The first-order valence-corrected chi connectivity index (χ1v) is 15.2. The topological polar surface area (TPSA) is 225 Å². The maximum absolute atomic E-state index is 14.3. The van der Waals surface area contributed by atoms with E-state index in [9.17, 15) is 23.5 Å². The lowest BCUT2D eigenvalue weighted by Gasteiger charge is -2.19. The molecule has 0 radical (unpaired) electrons. The smallest absolute Gasteiger partial charge is 0.340 e. The van der Waals surface area contributed by atoms with E-state index in [0.717, 1.165) is 0 Å². The van der Waals surface area contributed by atoms with E-state index in [4.69, 9.17) is 36.2 Å². The van der Waals surface area contributed by atoms with Gasteiger partial charge in [-0.1, -0.05) is 34.9 Å². The van der Waals surface area contributed by atoms with Crippen LogP contribution in [0.2, 0.25) is 5.15 Å². The van der Waals surface area contributed by atoms with Crippen molar-refractivity contribution in [2.75, 3.05) is 17.8 Å². The van der Waals surface area contributed by atoms with Gasteiger partial charge in [0, 0.05) is 10.5 Å². The fourth-order valence-corrected chi connectivity index (χ4v) is 6.91. The summed E-state index contributed by atoms with van der Waals surface area (Å²) in [4.78, 5) is 34.6. The predicted molar refractivity (Wildman–Crippen MR) is 137 cm³/mol. The third kappa shape index (κ3) is 6.76. The SMILES string of the molecule is C[C@H](Nc1cc(Cl)nc2c1cnn2[C@@H]1O[C@H](COP(=O)(O)CP(=O)(O)O)[C@@H](O)[C@H]1N=[N+]=[N-])c1ccccc1F. The number of azide groups is 1. The summed E-state index contributed by atoms with van der Waals surface area (Å²) in [5.41, 5.74) is 10.0. The molecule has 0 bridgehead atoms. The van der Waals surface area contributed by atoms with Gasteiger partial charge >= 0.3 is 15.2 Å². The van der Waals surface area contributed by atoms with Crippen LogP contribution in [0.5, 0.6) is 0 Å². The fourth-order valence-electron chi connectivity index (χ4n) is 4.15. The molecule has 0 spiro atoms. The van der Waals surface area contributed by atoms with Crippen LogP contribution < -0.4 is 5.32 Å². The van der Waals surface area contributed by atoms with E-state index >= 15 is 0 Å². The molecule has 39 heavy (non-hydrogen) atoms. The van der Waals surface area contributed by atoms with Gasteiger partial charge in [-0.05, 0) is 24.6 Å². The highest BCUT2D eigenvalue weighted by atomic mass is 35.5. The summed E-state index contributed by atoms with van der Waals surface area (Å²) in [6.07, 6.45) is -2.77. The van der Waals surface area contributed by atoms with Crippen LogP contribution >= 0.6 is 26.8 Å². The molecule has 0 saturated carbocycles. The van der Waals surface area contributed by atoms with E-state index < -0.39 is 64.0 Å². The van der Waals surface area contributed by atoms with Crippen molar-refractivity contribution in [3.05, 3.63) is 63.5 Å². The number of halogens is 2. The van der Waals surface area contributed by atoms with E-state index in [1.165, 1.54) is 23.0 Å². The number of hydrogen-bond donors (Lipinski definition) is 5. The highest BCUT2D eigenvalue weighted by molar-refractivity contribution is 7.70. The molecule has 5 N–H and O–H groups in total. The number of aliphatic hydroxyl groups is 1. The Bertz CT molecular complexity index is 1520. The number of aliphatic hydroxyl groups excluding tert-OH is 1. The minimum Gasteiger partial charge on any atom is -0.390 e. The zero-order valence-corrected chi connectivity index (χ0v) is 22.6. The molecule has 0 amide bonds. The second-order valence-electron chi connectivity index (χ2n) is 8.70. The molecule has 2 aromatic heterocycles. The number of hydrogen-bond acceptors (Lipinski definition) is 9. The average molecular weight is 606 g/mol. The Balaban J connectivity index is 1.62. The Labute approximate surface area is 224 Å². The molecule has 1 unspecified atom stereocenters. The molecule has 3 aromatic rings. The van der Waals surface area contributed by atoms with Crippen molar-refractivity contribution in [2.24, 2.45) is 5.11 Å². The molecule has 3 heterocycles. The highest BCUT2D eigenvalue weighted by Crippen LogP contribution is 2.55. The second kappa shape index (κ2) is 11.5. The van der Waals surface area contributed by atoms with Crippen molar-refractivity contribution in [2.45, 2.75) is 37.4 Å².